The van der Waals surface area contributed by atoms with Crippen LogP contribution < -0.4 is 4.90 Å². The summed E-state index contributed by atoms with van der Waals surface area (Å²) in [5, 5.41) is 0. The van der Waals surface area contributed by atoms with Crippen molar-refractivity contribution in [2.45, 2.75) is 19.6 Å². The van der Waals surface area contributed by atoms with Gasteiger partial charge in [-0.15, -0.1) is 0 Å². The molecule has 21 heavy (non-hydrogen) atoms. The number of para-hydroxylation sites is 1. The number of rotatable bonds is 3. The van der Waals surface area contributed by atoms with Crippen LogP contribution in [0.25, 0.3) is 0 Å². The fourth-order valence-corrected chi connectivity index (χ4v) is 2.09. The van der Waals surface area contributed by atoms with Crippen LogP contribution in [0.3, 0.4) is 0 Å². The molecule has 2 rings (SSSR count). The lowest BCUT2D eigenvalue weighted by molar-refractivity contribution is -0.140. The van der Waals surface area contributed by atoms with E-state index in [1.165, 1.54) is 24.1 Å². The third-order valence-corrected chi connectivity index (χ3v) is 3.27. The molecule has 1 heterocycles. The fraction of sp³-hybridized carbons (Fsp3) is 0.267. The lowest BCUT2D eigenvalue weighted by Gasteiger charge is -2.17. The van der Waals surface area contributed by atoms with Gasteiger partial charge < -0.3 is 9.47 Å². The second-order valence-corrected chi connectivity index (χ2v) is 4.76. The van der Waals surface area contributed by atoms with Crippen LogP contribution in [0.1, 0.15) is 16.1 Å². The maximum atomic E-state index is 12.4. The van der Waals surface area contributed by atoms with E-state index in [1.54, 1.807) is 31.3 Å². The lowest BCUT2D eigenvalue weighted by atomic mass is 10.2. The second kappa shape index (κ2) is 5.63. The van der Waals surface area contributed by atoms with E-state index in [2.05, 4.69) is 0 Å². The Morgan fingerprint density at radius 1 is 1.19 bits per heavy atom. The molecule has 0 aliphatic heterocycles. The molecule has 1 amide bonds. The van der Waals surface area contributed by atoms with E-state index < -0.39 is 12.7 Å². The van der Waals surface area contributed by atoms with Crippen LogP contribution in [0.4, 0.5) is 18.9 Å². The average molecular weight is 296 g/mol. The van der Waals surface area contributed by atoms with Gasteiger partial charge in [-0.3, -0.25) is 4.79 Å². The minimum atomic E-state index is -4.31. The number of halogens is 3. The lowest BCUT2D eigenvalue weighted by Crippen LogP contribution is -2.27. The highest BCUT2D eigenvalue weighted by Crippen LogP contribution is 2.22. The first-order valence-electron chi connectivity index (χ1n) is 6.35. The van der Waals surface area contributed by atoms with Crippen LogP contribution in [0.2, 0.25) is 0 Å². The normalized spacial score (nSPS) is 11.5. The summed E-state index contributed by atoms with van der Waals surface area (Å²) in [4.78, 5) is 13.8. The number of carbonyl (C=O) groups excluding carboxylic acids is 1. The van der Waals surface area contributed by atoms with Gasteiger partial charge in [0.1, 0.15) is 6.54 Å². The number of hydrogen-bond acceptors (Lipinski definition) is 1. The minimum absolute atomic E-state index is 0.269. The Kier molecular flexibility index (Phi) is 4.06. The number of benzene rings is 1. The van der Waals surface area contributed by atoms with Gasteiger partial charge in [0.05, 0.1) is 5.56 Å². The fourth-order valence-electron chi connectivity index (χ4n) is 2.09. The Morgan fingerprint density at radius 2 is 1.81 bits per heavy atom. The van der Waals surface area contributed by atoms with Crippen LogP contribution in [0, 0.1) is 6.92 Å². The summed E-state index contributed by atoms with van der Waals surface area (Å²) in [5.74, 6) is -0.334. The predicted octanol–water partition coefficient (Wildman–Crippen LogP) is 3.64. The minimum Gasteiger partial charge on any atom is -0.342 e. The van der Waals surface area contributed by atoms with Crippen molar-refractivity contribution in [3.63, 3.8) is 0 Å². The first-order chi connectivity index (χ1) is 9.79. The molecule has 0 atom stereocenters. The molecule has 0 aliphatic carbocycles. The van der Waals surface area contributed by atoms with Crippen molar-refractivity contribution in [2.24, 2.45) is 0 Å². The number of hydrogen-bond donors (Lipinski definition) is 0. The van der Waals surface area contributed by atoms with Crippen LogP contribution in [-0.2, 0) is 6.54 Å². The summed E-state index contributed by atoms with van der Waals surface area (Å²) >= 11 is 0. The standard InChI is InChI=1S/C15H15F3N2O/c1-11-13(8-9-20(11)10-15(16,17)18)14(21)19(2)12-6-4-3-5-7-12/h3-9H,10H2,1-2H3. The molecular formula is C15H15F3N2O. The van der Waals surface area contributed by atoms with Gasteiger partial charge in [0.25, 0.3) is 5.91 Å². The molecule has 112 valence electrons. The number of carbonyl (C=O) groups is 1. The topological polar surface area (TPSA) is 25.2 Å². The first kappa shape index (κ1) is 15.2. The first-order valence-corrected chi connectivity index (χ1v) is 6.35. The molecule has 1 aromatic carbocycles. The number of anilines is 1. The van der Waals surface area contributed by atoms with Crippen molar-refractivity contribution in [2.75, 3.05) is 11.9 Å². The summed E-state index contributed by atoms with van der Waals surface area (Å²) in [6, 6.07) is 10.4. The van der Waals surface area contributed by atoms with Crippen LogP contribution >= 0.6 is 0 Å². The van der Waals surface area contributed by atoms with Crippen molar-refractivity contribution in [3.05, 3.63) is 53.9 Å². The average Bonchev–Trinajstić information content (AvgIpc) is 2.78. The van der Waals surface area contributed by atoms with Crippen molar-refractivity contribution in [3.8, 4) is 0 Å². The summed E-state index contributed by atoms with van der Waals surface area (Å²) in [7, 11) is 1.60. The number of nitrogens with zero attached hydrogens (tertiary/aromatic N) is 2. The molecule has 0 saturated heterocycles. The molecule has 0 N–H and O–H groups in total. The van der Waals surface area contributed by atoms with Crippen molar-refractivity contribution < 1.29 is 18.0 Å². The SMILES string of the molecule is Cc1c(C(=O)N(C)c2ccccc2)ccn1CC(F)(F)F. The van der Waals surface area contributed by atoms with Gasteiger partial charge in [-0.05, 0) is 25.1 Å². The van der Waals surface area contributed by atoms with Gasteiger partial charge >= 0.3 is 6.18 Å². The largest absolute Gasteiger partial charge is 0.406 e. The second-order valence-electron chi connectivity index (χ2n) is 4.76. The molecule has 0 spiro atoms. The van der Waals surface area contributed by atoms with Gasteiger partial charge in [-0.1, -0.05) is 18.2 Å². The van der Waals surface area contributed by atoms with E-state index in [0.29, 0.717) is 11.4 Å². The summed E-state index contributed by atoms with van der Waals surface area (Å²) < 4.78 is 38.4. The Labute approximate surface area is 120 Å². The highest BCUT2D eigenvalue weighted by atomic mass is 19.4. The van der Waals surface area contributed by atoms with Crippen molar-refractivity contribution >= 4 is 11.6 Å². The molecule has 3 nitrogen and oxygen atoms in total. The van der Waals surface area contributed by atoms with Crippen LogP contribution in [-0.4, -0.2) is 23.7 Å². The quantitative estimate of drug-likeness (QED) is 0.849. The van der Waals surface area contributed by atoms with E-state index in [-0.39, 0.29) is 11.5 Å². The van der Waals surface area contributed by atoms with Crippen LogP contribution in [0.5, 0.6) is 0 Å². The molecule has 0 unspecified atom stereocenters. The Morgan fingerprint density at radius 3 is 2.38 bits per heavy atom. The Balaban J connectivity index is 2.25. The molecule has 0 radical (unpaired) electrons. The van der Waals surface area contributed by atoms with Gasteiger partial charge in [-0.25, -0.2) is 0 Å². The van der Waals surface area contributed by atoms with Crippen LogP contribution in [0.15, 0.2) is 42.6 Å². The summed E-state index contributed by atoms with van der Waals surface area (Å²) in [6.45, 7) is 0.416. The molecule has 6 heteroatoms. The number of amides is 1. The Hall–Kier alpha value is -2.24. The van der Waals surface area contributed by atoms with Gasteiger partial charge in [0.15, 0.2) is 0 Å². The van der Waals surface area contributed by atoms with E-state index >= 15 is 0 Å². The van der Waals surface area contributed by atoms with Crippen molar-refractivity contribution in [1.29, 1.82) is 0 Å². The molecule has 1 aromatic heterocycles. The smallest absolute Gasteiger partial charge is 0.342 e. The van der Waals surface area contributed by atoms with Gasteiger partial charge in [0, 0.05) is 24.6 Å². The maximum Gasteiger partial charge on any atom is 0.406 e. The zero-order chi connectivity index (χ0) is 15.6. The molecule has 0 fully saturated rings. The van der Waals surface area contributed by atoms with E-state index in [9.17, 15) is 18.0 Å². The summed E-state index contributed by atoms with van der Waals surface area (Å²) in [5.41, 5.74) is 1.26. The third kappa shape index (κ3) is 3.45. The number of alkyl halides is 3. The highest BCUT2D eigenvalue weighted by Gasteiger charge is 2.29. The van der Waals surface area contributed by atoms with E-state index in [0.717, 1.165) is 4.57 Å². The monoisotopic (exact) mass is 296 g/mol. The zero-order valence-electron chi connectivity index (χ0n) is 11.7. The molecule has 0 saturated carbocycles. The van der Waals surface area contributed by atoms with E-state index in [1.807, 2.05) is 6.07 Å². The third-order valence-electron chi connectivity index (χ3n) is 3.27. The predicted molar refractivity (Wildman–Crippen MR) is 74.4 cm³/mol. The maximum absolute atomic E-state index is 12.4. The molecular weight excluding hydrogens is 281 g/mol. The van der Waals surface area contributed by atoms with Gasteiger partial charge in [0.2, 0.25) is 0 Å². The zero-order valence-corrected chi connectivity index (χ0v) is 11.7. The molecule has 2 aromatic rings. The van der Waals surface area contributed by atoms with Gasteiger partial charge in [-0.2, -0.15) is 13.2 Å². The molecule has 0 bridgehead atoms. The van der Waals surface area contributed by atoms with E-state index in [4.69, 9.17) is 0 Å². The highest BCUT2D eigenvalue weighted by molar-refractivity contribution is 6.06. The summed E-state index contributed by atoms with van der Waals surface area (Å²) in [6.07, 6.45) is -3.02. The Bertz CT molecular complexity index is 632. The number of aromatic nitrogens is 1. The molecule has 0 aliphatic rings. The van der Waals surface area contributed by atoms with Crippen molar-refractivity contribution in [1.82, 2.24) is 4.57 Å².